The topological polar surface area (TPSA) is 32.3 Å². The van der Waals surface area contributed by atoms with Gasteiger partial charge < -0.3 is 0 Å². The Morgan fingerprint density at radius 3 is 2.62 bits per heavy atom. The van der Waals surface area contributed by atoms with Gasteiger partial charge in [-0.25, -0.2) is 0 Å². The molecule has 0 bridgehead atoms. The molecule has 1 amide bonds. The molecule has 1 heterocycles. The number of carbonyl (C=O) groups is 1. The maximum absolute atomic E-state index is 10.9. The summed E-state index contributed by atoms with van der Waals surface area (Å²) >= 11 is 4.69. The first-order valence-electron chi connectivity index (χ1n) is 3.74. The van der Waals surface area contributed by atoms with Crippen LogP contribution >= 0.6 is 28.1 Å². The molecule has 0 spiro atoms. The molecule has 0 saturated carbocycles. The van der Waals surface area contributed by atoms with E-state index in [1.54, 1.807) is 0 Å². The Morgan fingerprint density at radius 1 is 1.38 bits per heavy atom. The highest BCUT2D eigenvalue weighted by Crippen LogP contribution is 2.25. The molecule has 1 aromatic carbocycles. The average molecular weight is 259 g/mol. The van der Waals surface area contributed by atoms with Gasteiger partial charge in [0.05, 0.1) is 12.1 Å². The van der Waals surface area contributed by atoms with Gasteiger partial charge in [0.1, 0.15) is 6.54 Å². The van der Waals surface area contributed by atoms with Crippen molar-refractivity contribution in [2.24, 2.45) is 0 Å². The molecule has 0 unspecified atom stereocenters. The number of rotatable bonds is 1. The lowest BCUT2D eigenvalue weighted by molar-refractivity contribution is -0.117. The summed E-state index contributed by atoms with van der Waals surface area (Å²) in [5, 5.41) is 0. The quantitative estimate of drug-likeness (QED) is 0.782. The molecule has 5 heteroatoms. The van der Waals surface area contributed by atoms with E-state index in [0.29, 0.717) is 6.54 Å². The summed E-state index contributed by atoms with van der Waals surface area (Å²) in [4.78, 5) is 10.9. The predicted molar refractivity (Wildman–Crippen MR) is 57.2 cm³/mol. The van der Waals surface area contributed by atoms with Crippen molar-refractivity contribution < 1.29 is 4.79 Å². The van der Waals surface area contributed by atoms with Crippen LogP contribution in [0.15, 0.2) is 28.7 Å². The Kier molecular flexibility index (Phi) is 2.46. The summed E-state index contributed by atoms with van der Waals surface area (Å²) in [6, 6.07) is 7.85. The number of nitrogens with one attached hydrogen (secondary N) is 1. The zero-order chi connectivity index (χ0) is 9.26. The number of nitrogens with zero attached hydrogens (tertiary/aromatic N) is 1. The van der Waals surface area contributed by atoms with Crippen LogP contribution < -0.4 is 9.03 Å². The second-order valence-corrected chi connectivity index (χ2v) is 4.37. The van der Waals surface area contributed by atoms with Gasteiger partial charge in [0, 0.05) is 10.2 Å². The lowest BCUT2D eigenvalue weighted by Crippen LogP contribution is -2.15. The third-order valence-electron chi connectivity index (χ3n) is 1.67. The maximum atomic E-state index is 10.9. The number of benzene rings is 1. The molecule has 13 heavy (non-hydrogen) atoms. The van der Waals surface area contributed by atoms with Gasteiger partial charge >= 0.3 is 0 Å². The van der Waals surface area contributed by atoms with Crippen molar-refractivity contribution >= 4 is 39.7 Å². The lowest BCUT2D eigenvalue weighted by Gasteiger charge is -2.12. The van der Waals surface area contributed by atoms with E-state index in [-0.39, 0.29) is 5.91 Å². The minimum atomic E-state index is 0.0490. The van der Waals surface area contributed by atoms with Crippen LogP contribution in [-0.2, 0) is 4.79 Å². The molecule has 1 aliphatic heterocycles. The van der Waals surface area contributed by atoms with E-state index in [2.05, 4.69) is 20.7 Å². The molecule has 0 aliphatic carbocycles. The lowest BCUT2D eigenvalue weighted by atomic mass is 10.3. The van der Waals surface area contributed by atoms with E-state index in [1.807, 2.05) is 28.6 Å². The van der Waals surface area contributed by atoms with Crippen LogP contribution in [0.5, 0.6) is 0 Å². The van der Waals surface area contributed by atoms with Crippen molar-refractivity contribution in [2.75, 3.05) is 10.8 Å². The smallest absolute Gasteiger partial charge is 0.251 e. The highest BCUT2D eigenvalue weighted by molar-refractivity contribution is 9.10. The molecule has 68 valence electrons. The van der Waals surface area contributed by atoms with Crippen LogP contribution in [0.25, 0.3) is 0 Å². The van der Waals surface area contributed by atoms with Crippen molar-refractivity contribution in [3.8, 4) is 0 Å². The van der Waals surface area contributed by atoms with E-state index in [1.165, 1.54) is 12.1 Å². The first kappa shape index (κ1) is 8.90. The summed E-state index contributed by atoms with van der Waals surface area (Å²) < 4.78 is 5.63. The summed E-state index contributed by atoms with van der Waals surface area (Å²) in [6.07, 6.45) is 0. The van der Waals surface area contributed by atoms with Crippen molar-refractivity contribution in [1.29, 1.82) is 0 Å². The average Bonchev–Trinajstić information content (AvgIpc) is 2.53. The van der Waals surface area contributed by atoms with E-state index in [9.17, 15) is 4.79 Å². The Bertz CT molecular complexity index is 327. The van der Waals surface area contributed by atoms with E-state index >= 15 is 0 Å². The van der Waals surface area contributed by atoms with Crippen LogP contribution in [0.4, 0.5) is 5.69 Å². The van der Waals surface area contributed by atoms with E-state index < -0.39 is 0 Å². The molecule has 1 saturated heterocycles. The molecule has 3 nitrogen and oxygen atoms in total. The Hall–Kier alpha value is -0.680. The molecule has 1 aliphatic rings. The summed E-state index contributed by atoms with van der Waals surface area (Å²) in [6.45, 7) is 0.423. The number of halogens is 1. The number of anilines is 1. The van der Waals surface area contributed by atoms with Crippen molar-refractivity contribution in [3.05, 3.63) is 28.7 Å². The highest BCUT2D eigenvalue weighted by Gasteiger charge is 2.19. The molecule has 0 radical (unpaired) electrons. The van der Waals surface area contributed by atoms with Gasteiger partial charge in [-0.1, -0.05) is 15.9 Å². The maximum Gasteiger partial charge on any atom is 0.251 e. The van der Waals surface area contributed by atoms with E-state index in [0.717, 1.165) is 10.2 Å². The normalized spacial score (nSPS) is 16.1. The third kappa shape index (κ3) is 1.97. The van der Waals surface area contributed by atoms with Gasteiger partial charge in [0.15, 0.2) is 0 Å². The van der Waals surface area contributed by atoms with Crippen molar-refractivity contribution in [2.45, 2.75) is 0 Å². The van der Waals surface area contributed by atoms with Crippen LogP contribution in [0.1, 0.15) is 0 Å². The SMILES string of the molecule is O=C1CN(c2ccc(Br)cc2)SN1. The molecule has 1 aromatic rings. The Labute approximate surface area is 88.9 Å². The van der Waals surface area contributed by atoms with Gasteiger partial charge in [-0.2, -0.15) is 0 Å². The standard InChI is InChI=1S/C8H7BrN2OS/c9-6-1-3-7(4-2-6)11-5-8(12)10-13-11/h1-4H,5H2,(H,10,12). The first-order chi connectivity index (χ1) is 6.25. The second-order valence-electron chi connectivity index (χ2n) is 2.63. The van der Waals surface area contributed by atoms with E-state index in [4.69, 9.17) is 0 Å². The van der Waals surface area contributed by atoms with Crippen LogP contribution in [-0.4, -0.2) is 12.5 Å². The number of carbonyl (C=O) groups excluding carboxylic acids is 1. The van der Waals surface area contributed by atoms with Crippen LogP contribution in [0.2, 0.25) is 0 Å². The number of hydrogen-bond acceptors (Lipinski definition) is 3. The minimum Gasteiger partial charge on any atom is -0.289 e. The Balaban J connectivity index is 2.17. The molecular weight excluding hydrogens is 252 g/mol. The van der Waals surface area contributed by atoms with Gasteiger partial charge in [-0.15, -0.1) is 0 Å². The molecular formula is C8H7BrN2OS. The minimum absolute atomic E-state index is 0.0490. The van der Waals surface area contributed by atoms with Gasteiger partial charge in [0.25, 0.3) is 5.91 Å². The zero-order valence-electron chi connectivity index (χ0n) is 6.66. The number of hydrogen-bond donors (Lipinski definition) is 1. The Morgan fingerprint density at radius 2 is 2.08 bits per heavy atom. The van der Waals surface area contributed by atoms with Crippen LogP contribution in [0, 0.1) is 0 Å². The molecule has 1 fully saturated rings. The fourth-order valence-electron chi connectivity index (χ4n) is 1.05. The monoisotopic (exact) mass is 258 g/mol. The summed E-state index contributed by atoms with van der Waals surface area (Å²) in [5.74, 6) is 0.0490. The molecule has 0 atom stereocenters. The van der Waals surface area contributed by atoms with Gasteiger partial charge in [-0.05, 0) is 24.3 Å². The van der Waals surface area contributed by atoms with Crippen molar-refractivity contribution in [3.63, 3.8) is 0 Å². The largest absolute Gasteiger partial charge is 0.289 e. The fourth-order valence-corrected chi connectivity index (χ4v) is 2.00. The second kappa shape index (κ2) is 3.59. The third-order valence-corrected chi connectivity index (χ3v) is 3.08. The molecule has 0 aromatic heterocycles. The first-order valence-corrected chi connectivity index (χ1v) is 5.31. The zero-order valence-corrected chi connectivity index (χ0v) is 9.06. The fraction of sp³-hybridized carbons (Fsp3) is 0.125. The molecule has 2 rings (SSSR count). The van der Waals surface area contributed by atoms with Crippen molar-refractivity contribution in [1.82, 2.24) is 4.72 Å². The predicted octanol–water partition coefficient (Wildman–Crippen LogP) is 1.95. The molecule has 1 N–H and O–H groups in total. The summed E-state index contributed by atoms with van der Waals surface area (Å²) in [7, 11) is 0. The highest BCUT2D eigenvalue weighted by atomic mass is 79.9. The van der Waals surface area contributed by atoms with Gasteiger partial charge in [-0.3, -0.25) is 13.8 Å². The van der Waals surface area contributed by atoms with Gasteiger partial charge in [0.2, 0.25) is 0 Å². The number of amides is 1. The van der Waals surface area contributed by atoms with Crippen LogP contribution in [0.3, 0.4) is 0 Å². The summed E-state index contributed by atoms with van der Waals surface area (Å²) in [5.41, 5.74) is 1.03.